The van der Waals surface area contributed by atoms with Gasteiger partial charge in [-0.15, -0.1) is 0 Å². The lowest BCUT2D eigenvalue weighted by Gasteiger charge is -2.36. The Morgan fingerprint density at radius 2 is 1.83 bits per heavy atom. The lowest BCUT2D eigenvalue weighted by molar-refractivity contribution is -0.129. The van der Waals surface area contributed by atoms with Gasteiger partial charge in [-0.1, -0.05) is 23.7 Å². The summed E-state index contributed by atoms with van der Waals surface area (Å²) in [5.74, 6) is 0.508. The van der Waals surface area contributed by atoms with Crippen LogP contribution in [0.3, 0.4) is 0 Å². The molecular weight excluding hydrogens is 248 g/mol. The summed E-state index contributed by atoms with van der Waals surface area (Å²) in [6.07, 6.45) is 1.85. The minimum absolute atomic E-state index is 0.209. The third kappa shape index (κ3) is 1.82. The van der Waals surface area contributed by atoms with E-state index in [2.05, 4.69) is 22.8 Å². The number of carbonyl (C=O) groups is 1. The molecule has 1 unspecified atom stereocenters. The first kappa shape index (κ1) is 12.0. The highest BCUT2D eigenvalue weighted by atomic mass is 35.5. The van der Waals surface area contributed by atoms with E-state index < -0.39 is 0 Å². The molecule has 2 N–H and O–H groups in total. The van der Waals surface area contributed by atoms with Gasteiger partial charge in [0.05, 0.1) is 5.41 Å². The molecule has 0 radical (unpaired) electrons. The summed E-state index contributed by atoms with van der Waals surface area (Å²) in [6.45, 7) is 2.61. The summed E-state index contributed by atoms with van der Waals surface area (Å²) in [4.78, 5) is 12.2. The maximum absolute atomic E-state index is 12.2. The fourth-order valence-corrected chi connectivity index (χ4v) is 3.43. The highest BCUT2D eigenvalue weighted by Gasteiger charge is 2.50. The lowest BCUT2D eigenvalue weighted by atomic mass is 9.68. The van der Waals surface area contributed by atoms with Crippen LogP contribution in [0, 0.1) is 5.41 Å². The van der Waals surface area contributed by atoms with Crippen LogP contribution in [-0.2, 0) is 4.79 Å². The van der Waals surface area contributed by atoms with Crippen molar-refractivity contribution in [3.8, 4) is 0 Å². The van der Waals surface area contributed by atoms with Gasteiger partial charge in [-0.2, -0.15) is 0 Å². The van der Waals surface area contributed by atoms with Crippen molar-refractivity contribution in [2.24, 2.45) is 5.41 Å². The summed E-state index contributed by atoms with van der Waals surface area (Å²) < 4.78 is 0. The first-order valence-corrected chi connectivity index (χ1v) is 6.85. The Labute approximate surface area is 112 Å². The van der Waals surface area contributed by atoms with E-state index in [0.717, 1.165) is 37.5 Å². The Bertz CT molecular complexity index is 451. The average molecular weight is 265 g/mol. The van der Waals surface area contributed by atoms with Crippen molar-refractivity contribution < 1.29 is 4.79 Å². The number of halogens is 1. The Kier molecular flexibility index (Phi) is 3.04. The quantitative estimate of drug-likeness (QED) is 0.814. The highest BCUT2D eigenvalue weighted by Crippen LogP contribution is 2.46. The molecule has 0 aliphatic carbocycles. The molecule has 96 valence electrons. The van der Waals surface area contributed by atoms with Gasteiger partial charge in [-0.05, 0) is 43.6 Å². The molecule has 0 saturated carbocycles. The van der Waals surface area contributed by atoms with Crippen LogP contribution in [0.25, 0.3) is 0 Å². The third-order valence-corrected chi connectivity index (χ3v) is 4.61. The van der Waals surface area contributed by atoms with Crippen molar-refractivity contribution in [3.05, 3.63) is 34.9 Å². The van der Waals surface area contributed by atoms with E-state index in [1.165, 1.54) is 5.56 Å². The number of hydrogen-bond acceptors (Lipinski definition) is 2. The zero-order valence-electron chi connectivity index (χ0n) is 10.2. The zero-order valence-corrected chi connectivity index (χ0v) is 11.0. The summed E-state index contributed by atoms with van der Waals surface area (Å²) in [6, 6.07) is 7.93. The average Bonchev–Trinajstić information content (AvgIpc) is 2.70. The Morgan fingerprint density at radius 3 is 2.50 bits per heavy atom. The van der Waals surface area contributed by atoms with Gasteiger partial charge in [0.2, 0.25) is 5.91 Å². The topological polar surface area (TPSA) is 41.1 Å². The molecule has 2 saturated heterocycles. The van der Waals surface area contributed by atoms with E-state index in [0.29, 0.717) is 0 Å². The fourth-order valence-electron chi connectivity index (χ4n) is 3.30. The molecule has 2 heterocycles. The summed E-state index contributed by atoms with van der Waals surface area (Å²) in [5, 5.41) is 7.13. The second-order valence-electron chi connectivity index (χ2n) is 5.22. The van der Waals surface area contributed by atoms with Crippen LogP contribution in [0.2, 0.25) is 5.02 Å². The third-order valence-electron chi connectivity index (χ3n) is 4.35. The van der Waals surface area contributed by atoms with Gasteiger partial charge in [0.1, 0.15) is 0 Å². The van der Waals surface area contributed by atoms with Crippen LogP contribution < -0.4 is 10.6 Å². The fraction of sp³-hybridized carbons (Fsp3) is 0.500. The molecule has 2 fully saturated rings. The van der Waals surface area contributed by atoms with E-state index in [1.807, 2.05) is 12.1 Å². The van der Waals surface area contributed by atoms with Crippen LogP contribution in [0.5, 0.6) is 0 Å². The number of piperidine rings is 1. The summed E-state index contributed by atoms with van der Waals surface area (Å²) in [7, 11) is 0. The van der Waals surface area contributed by atoms with Crippen LogP contribution in [0.1, 0.15) is 24.3 Å². The molecule has 0 aromatic heterocycles. The van der Waals surface area contributed by atoms with Gasteiger partial charge >= 0.3 is 0 Å². The second-order valence-corrected chi connectivity index (χ2v) is 5.66. The van der Waals surface area contributed by atoms with Gasteiger partial charge < -0.3 is 10.6 Å². The highest BCUT2D eigenvalue weighted by molar-refractivity contribution is 6.30. The monoisotopic (exact) mass is 264 g/mol. The number of rotatable bonds is 1. The minimum atomic E-state index is -0.209. The van der Waals surface area contributed by atoms with Gasteiger partial charge in [0.25, 0.3) is 0 Å². The maximum Gasteiger partial charge on any atom is 0.227 e. The molecule has 1 aromatic rings. The van der Waals surface area contributed by atoms with E-state index in [9.17, 15) is 4.79 Å². The minimum Gasteiger partial charge on any atom is -0.355 e. The maximum atomic E-state index is 12.2. The molecule has 1 amide bonds. The Balaban J connectivity index is 1.95. The van der Waals surface area contributed by atoms with Crippen molar-refractivity contribution >= 4 is 17.5 Å². The first-order chi connectivity index (χ1) is 8.72. The standard InChI is InChI=1S/C14H17ClN2O/c15-11-3-1-10(2-4-11)12-9-17-13(18)14(12)5-7-16-8-6-14/h1-4,12,16H,5-9H2,(H,17,18). The van der Waals surface area contributed by atoms with Crippen LogP contribution in [-0.4, -0.2) is 25.5 Å². The lowest BCUT2D eigenvalue weighted by Crippen LogP contribution is -2.44. The van der Waals surface area contributed by atoms with Crippen molar-refractivity contribution in [2.75, 3.05) is 19.6 Å². The number of benzene rings is 1. The number of carbonyl (C=O) groups excluding carboxylic acids is 1. The Hall–Kier alpha value is -1.06. The predicted octanol–water partition coefficient (Wildman–Crippen LogP) is 1.92. The molecule has 1 atom stereocenters. The molecule has 2 aliphatic heterocycles. The summed E-state index contributed by atoms with van der Waals surface area (Å²) in [5.41, 5.74) is 1.01. The van der Waals surface area contributed by atoms with Gasteiger partial charge in [-0.25, -0.2) is 0 Å². The normalized spacial score (nSPS) is 26.3. The zero-order chi connectivity index (χ0) is 12.6. The van der Waals surface area contributed by atoms with Crippen LogP contribution in [0.15, 0.2) is 24.3 Å². The number of nitrogens with one attached hydrogen (secondary N) is 2. The van der Waals surface area contributed by atoms with E-state index in [-0.39, 0.29) is 17.2 Å². The van der Waals surface area contributed by atoms with Crippen LogP contribution in [0.4, 0.5) is 0 Å². The molecule has 1 aromatic carbocycles. The first-order valence-electron chi connectivity index (χ1n) is 6.47. The number of amides is 1. The van der Waals surface area contributed by atoms with Crippen molar-refractivity contribution in [2.45, 2.75) is 18.8 Å². The SMILES string of the molecule is O=C1NCC(c2ccc(Cl)cc2)C12CCNCC2. The van der Waals surface area contributed by atoms with Gasteiger partial charge in [0, 0.05) is 17.5 Å². The summed E-state index contributed by atoms with van der Waals surface area (Å²) >= 11 is 5.93. The van der Waals surface area contributed by atoms with Crippen molar-refractivity contribution in [1.82, 2.24) is 10.6 Å². The second kappa shape index (κ2) is 4.56. The largest absolute Gasteiger partial charge is 0.355 e. The molecule has 3 nitrogen and oxygen atoms in total. The molecule has 1 spiro atoms. The molecule has 3 rings (SSSR count). The smallest absolute Gasteiger partial charge is 0.227 e. The molecule has 18 heavy (non-hydrogen) atoms. The van der Waals surface area contributed by atoms with Crippen molar-refractivity contribution in [1.29, 1.82) is 0 Å². The molecule has 2 aliphatic rings. The molecule has 4 heteroatoms. The molecule has 0 bridgehead atoms. The number of hydrogen-bond donors (Lipinski definition) is 2. The Morgan fingerprint density at radius 1 is 1.17 bits per heavy atom. The van der Waals surface area contributed by atoms with Gasteiger partial charge in [-0.3, -0.25) is 4.79 Å². The van der Waals surface area contributed by atoms with Gasteiger partial charge in [0.15, 0.2) is 0 Å². The molecular formula is C14H17ClN2O. The van der Waals surface area contributed by atoms with Crippen molar-refractivity contribution in [3.63, 3.8) is 0 Å². The van der Waals surface area contributed by atoms with E-state index in [1.54, 1.807) is 0 Å². The van der Waals surface area contributed by atoms with E-state index in [4.69, 9.17) is 11.6 Å². The van der Waals surface area contributed by atoms with E-state index >= 15 is 0 Å². The van der Waals surface area contributed by atoms with Crippen LogP contribution >= 0.6 is 11.6 Å². The predicted molar refractivity (Wildman–Crippen MR) is 71.7 cm³/mol.